The maximum Gasteiger partial charge on any atom is 0.234 e. The SMILES string of the molecule is CN[C@@H](CCSC)C(N)=O. The molecule has 60 valence electrons. The van der Waals surface area contributed by atoms with Crippen molar-refractivity contribution in [2.75, 3.05) is 19.1 Å². The molecule has 4 heteroatoms. The Morgan fingerprint density at radius 1 is 1.80 bits per heavy atom. The minimum atomic E-state index is -0.267. The molecule has 0 spiro atoms. The Balaban J connectivity index is 3.50. The molecule has 0 aliphatic heterocycles. The molecular formula is C6H14N2OS. The molecule has 0 aliphatic rings. The largest absolute Gasteiger partial charge is 0.368 e. The highest BCUT2D eigenvalue weighted by Gasteiger charge is 2.10. The van der Waals surface area contributed by atoms with E-state index in [2.05, 4.69) is 5.32 Å². The van der Waals surface area contributed by atoms with Crippen LogP contribution < -0.4 is 11.1 Å². The molecular weight excluding hydrogens is 148 g/mol. The van der Waals surface area contributed by atoms with Gasteiger partial charge in [0.1, 0.15) is 0 Å². The van der Waals surface area contributed by atoms with E-state index in [0.717, 1.165) is 12.2 Å². The summed E-state index contributed by atoms with van der Waals surface area (Å²) in [5.41, 5.74) is 5.08. The van der Waals surface area contributed by atoms with E-state index < -0.39 is 0 Å². The van der Waals surface area contributed by atoms with Crippen molar-refractivity contribution in [3.63, 3.8) is 0 Å². The first kappa shape index (κ1) is 9.78. The molecule has 0 saturated heterocycles. The Labute approximate surface area is 65.7 Å². The first-order valence-electron chi connectivity index (χ1n) is 3.18. The molecule has 3 nitrogen and oxygen atoms in total. The average molecular weight is 162 g/mol. The predicted molar refractivity (Wildman–Crippen MR) is 45.0 cm³/mol. The van der Waals surface area contributed by atoms with E-state index in [0.29, 0.717) is 0 Å². The molecule has 0 aromatic carbocycles. The lowest BCUT2D eigenvalue weighted by atomic mass is 10.2. The van der Waals surface area contributed by atoms with Crippen LogP contribution in [0.15, 0.2) is 0 Å². The highest BCUT2D eigenvalue weighted by Crippen LogP contribution is 1.98. The second-order valence-electron chi connectivity index (χ2n) is 2.03. The third-order valence-corrected chi connectivity index (χ3v) is 1.95. The van der Waals surface area contributed by atoms with E-state index >= 15 is 0 Å². The van der Waals surface area contributed by atoms with Gasteiger partial charge in [0, 0.05) is 0 Å². The van der Waals surface area contributed by atoms with Crippen molar-refractivity contribution < 1.29 is 4.79 Å². The number of primary amides is 1. The van der Waals surface area contributed by atoms with Crippen LogP contribution >= 0.6 is 11.8 Å². The van der Waals surface area contributed by atoms with Crippen LogP contribution in [0, 0.1) is 0 Å². The summed E-state index contributed by atoms with van der Waals surface area (Å²) in [6.45, 7) is 0. The van der Waals surface area contributed by atoms with Gasteiger partial charge < -0.3 is 11.1 Å². The highest BCUT2D eigenvalue weighted by molar-refractivity contribution is 7.98. The van der Waals surface area contributed by atoms with Gasteiger partial charge in [-0.1, -0.05) is 0 Å². The van der Waals surface area contributed by atoms with Gasteiger partial charge in [0.25, 0.3) is 0 Å². The highest BCUT2D eigenvalue weighted by atomic mass is 32.2. The zero-order valence-corrected chi connectivity index (χ0v) is 7.20. The van der Waals surface area contributed by atoms with Crippen LogP contribution in [0.5, 0.6) is 0 Å². The summed E-state index contributed by atoms with van der Waals surface area (Å²) in [7, 11) is 1.75. The van der Waals surface area contributed by atoms with Gasteiger partial charge >= 0.3 is 0 Å². The maximum absolute atomic E-state index is 10.6. The van der Waals surface area contributed by atoms with Crippen LogP contribution in [0.25, 0.3) is 0 Å². The molecule has 0 unspecified atom stereocenters. The van der Waals surface area contributed by atoms with E-state index in [1.54, 1.807) is 18.8 Å². The van der Waals surface area contributed by atoms with Crippen LogP contribution in [-0.4, -0.2) is 31.0 Å². The number of nitrogens with two attached hydrogens (primary N) is 1. The number of hydrogen-bond acceptors (Lipinski definition) is 3. The predicted octanol–water partition coefficient (Wildman–Crippen LogP) is -0.187. The van der Waals surface area contributed by atoms with Gasteiger partial charge in [-0.3, -0.25) is 4.79 Å². The van der Waals surface area contributed by atoms with E-state index in [1.165, 1.54) is 0 Å². The number of likely N-dealkylation sites (N-methyl/N-ethyl adjacent to an activating group) is 1. The van der Waals surface area contributed by atoms with Crippen molar-refractivity contribution in [1.29, 1.82) is 0 Å². The molecule has 1 amide bonds. The molecule has 0 heterocycles. The van der Waals surface area contributed by atoms with Crippen molar-refractivity contribution >= 4 is 17.7 Å². The van der Waals surface area contributed by atoms with Crippen molar-refractivity contribution in [1.82, 2.24) is 5.32 Å². The Hall–Kier alpha value is -0.220. The van der Waals surface area contributed by atoms with Crippen molar-refractivity contribution in [3.8, 4) is 0 Å². The third kappa shape index (κ3) is 3.74. The number of amides is 1. The van der Waals surface area contributed by atoms with Gasteiger partial charge in [-0.05, 0) is 25.5 Å². The van der Waals surface area contributed by atoms with Crippen LogP contribution in [0.1, 0.15) is 6.42 Å². The van der Waals surface area contributed by atoms with Crippen LogP contribution in [0.3, 0.4) is 0 Å². The number of carbonyl (C=O) groups is 1. The Morgan fingerprint density at radius 2 is 2.40 bits per heavy atom. The topological polar surface area (TPSA) is 55.1 Å². The summed E-state index contributed by atoms with van der Waals surface area (Å²) >= 11 is 1.71. The Bertz CT molecular complexity index is 108. The molecule has 0 fully saturated rings. The third-order valence-electron chi connectivity index (χ3n) is 1.30. The lowest BCUT2D eigenvalue weighted by Gasteiger charge is -2.09. The number of thioether (sulfide) groups is 1. The van der Waals surface area contributed by atoms with E-state index in [9.17, 15) is 4.79 Å². The number of rotatable bonds is 5. The van der Waals surface area contributed by atoms with Gasteiger partial charge in [-0.2, -0.15) is 11.8 Å². The van der Waals surface area contributed by atoms with E-state index in [1.807, 2.05) is 6.26 Å². The van der Waals surface area contributed by atoms with Crippen LogP contribution in [-0.2, 0) is 4.79 Å². The average Bonchev–Trinajstić information content (AvgIpc) is 1.89. The Kier molecular flexibility index (Phi) is 5.43. The molecule has 0 aliphatic carbocycles. The fourth-order valence-electron chi connectivity index (χ4n) is 0.665. The smallest absolute Gasteiger partial charge is 0.234 e. The van der Waals surface area contributed by atoms with Gasteiger partial charge in [0.2, 0.25) is 5.91 Å². The monoisotopic (exact) mass is 162 g/mol. The quantitative estimate of drug-likeness (QED) is 0.589. The van der Waals surface area contributed by atoms with Gasteiger partial charge in [0.05, 0.1) is 6.04 Å². The molecule has 1 atom stereocenters. The fourth-order valence-corrected chi connectivity index (χ4v) is 1.14. The van der Waals surface area contributed by atoms with Crippen LogP contribution in [0.4, 0.5) is 0 Å². The second-order valence-corrected chi connectivity index (χ2v) is 3.01. The summed E-state index contributed by atoms with van der Waals surface area (Å²) in [6, 6.07) is -0.160. The van der Waals surface area contributed by atoms with Crippen molar-refractivity contribution in [2.24, 2.45) is 5.73 Å². The van der Waals surface area contributed by atoms with E-state index in [-0.39, 0.29) is 11.9 Å². The van der Waals surface area contributed by atoms with Gasteiger partial charge in [0.15, 0.2) is 0 Å². The maximum atomic E-state index is 10.6. The lowest BCUT2D eigenvalue weighted by Crippen LogP contribution is -2.39. The second kappa shape index (κ2) is 5.56. The summed E-state index contributed by atoms with van der Waals surface area (Å²) in [5.74, 6) is 0.700. The molecule has 0 rings (SSSR count). The number of carbonyl (C=O) groups excluding carboxylic acids is 1. The van der Waals surface area contributed by atoms with Gasteiger partial charge in [-0.25, -0.2) is 0 Å². The zero-order valence-electron chi connectivity index (χ0n) is 6.39. The van der Waals surface area contributed by atoms with E-state index in [4.69, 9.17) is 5.73 Å². The Morgan fingerprint density at radius 3 is 2.70 bits per heavy atom. The molecule has 10 heavy (non-hydrogen) atoms. The zero-order chi connectivity index (χ0) is 7.98. The molecule has 3 N–H and O–H groups in total. The number of nitrogens with one attached hydrogen (secondary N) is 1. The summed E-state index contributed by atoms with van der Waals surface area (Å²) < 4.78 is 0. The van der Waals surface area contributed by atoms with Crippen molar-refractivity contribution in [2.45, 2.75) is 12.5 Å². The molecule has 0 aromatic heterocycles. The molecule has 0 bridgehead atoms. The first-order chi connectivity index (χ1) is 4.72. The minimum Gasteiger partial charge on any atom is -0.368 e. The minimum absolute atomic E-state index is 0.160. The summed E-state index contributed by atoms with van der Waals surface area (Å²) in [4.78, 5) is 10.6. The van der Waals surface area contributed by atoms with Gasteiger partial charge in [-0.15, -0.1) is 0 Å². The first-order valence-corrected chi connectivity index (χ1v) is 4.57. The molecule has 0 aromatic rings. The summed E-state index contributed by atoms with van der Waals surface area (Å²) in [6.07, 6.45) is 2.82. The van der Waals surface area contributed by atoms with Crippen LogP contribution in [0.2, 0.25) is 0 Å². The molecule has 0 saturated carbocycles. The normalized spacial score (nSPS) is 13.0. The fraction of sp³-hybridized carbons (Fsp3) is 0.833. The summed E-state index contributed by atoms with van der Waals surface area (Å²) in [5, 5.41) is 2.85. The standard InChI is InChI=1S/C6H14N2OS/c1-8-5(6(7)9)3-4-10-2/h5,8H,3-4H2,1-2H3,(H2,7,9)/t5-/m0/s1. The number of hydrogen-bond donors (Lipinski definition) is 2. The molecule has 0 radical (unpaired) electrons. The van der Waals surface area contributed by atoms with Crippen molar-refractivity contribution in [3.05, 3.63) is 0 Å². The lowest BCUT2D eigenvalue weighted by molar-refractivity contribution is -0.119.